The Kier molecular flexibility index (Phi) is 5.81. The standard InChI is InChI=1S/C23H22FN3OS/c1-2-3-13-27-22(28)21-20(19(14-25-21)17-7-5-4-6-8-17)26-23(27)29-15-16-9-11-18(24)12-10-16/h4-12,14,25H,2-3,13,15H2,1H3. The highest BCUT2D eigenvalue weighted by Crippen LogP contribution is 2.29. The number of aromatic nitrogens is 3. The molecule has 0 saturated heterocycles. The van der Waals surface area contributed by atoms with Gasteiger partial charge in [-0.25, -0.2) is 9.37 Å². The topological polar surface area (TPSA) is 50.7 Å². The Morgan fingerprint density at radius 3 is 2.59 bits per heavy atom. The van der Waals surface area contributed by atoms with Gasteiger partial charge in [-0.05, 0) is 29.7 Å². The van der Waals surface area contributed by atoms with Crippen LogP contribution in [0.5, 0.6) is 0 Å². The third-order valence-corrected chi connectivity index (χ3v) is 5.90. The van der Waals surface area contributed by atoms with Gasteiger partial charge < -0.3 is 4.98 Å². The van der Waals surface area contributed by atoms with Crippen molar-refractivity contribution < 1.29 is 4.39 Å². The number of unbranched alkanes of at least 4 members (excludes halogenated alkanes) is 1. The zero-order valence-corrected chi connectivity index (χ0v) is 17.0. The second-order valence-corrected chi connectivity index (χ2v) is 7.85. The monoisotopic (exact) mass is 407 g/mol. The third-order valence-electron chi connectivity index (χ3n) is 4.85. The van der Waals surface area contributed by atoms with E-state index < -0.39 is 0 Å². The molecule has 0 fully saturated rings. The van der Waals surface area contributed by atoms with Crippen molar-refractivity contribution in [1.29, 1.82) is 0 Å². The van der Waals surface area contributed by atoms with Gasteiger partial charge in [-0.2, -0.15) is 0 Å². The zero-order valence-electron chi connectivity index (χ0n) is 16.2. The van der Waals surface area contributed by atoms with Crippen molar-refractivity contribution in [2.75, 3.05) is 0 Å². The van der Waals surface area contributed by atoms with E-state index in [2.05, 4.69) is 11.9 Å². The fraction of sp³-hybridized carbons (Fsp3) is 0.217. The van der Waals surface area contributed by atoms with Crippen molar-refractivity contribution in [2.45, 2.75) is 37.2 Å². The maximum Gasteiger partial charge on any atom is 0.278 e. The van der Waals surface area contributed by atoms with Crippen LogP contribution in [0.2, 0.25) is 0 Å². The summed E-state index contributed by atoms with van der Waals surface area (Å²) in [6.07, 6.45) is 3.75. The minimum atomic E-state index is -0.252. The molecule has 6 heteroatoms. The van der Waals surface area contributed by atoms with Crippen LogP contribution < -0.4 is 5.56 Å². The molecule has 0 aliphatic carbocycles. The van der Waals surface area contributed by atoms with Gasteiger partial charge in [0.2, 0.25) is 0 Å². The molecule has 0 amide bonds. The Morgan fingerprint density at radius 2 is 1.86 bits per heavy atom. The quantitative estimate of drug-likeness (QED) is 0.319. The lowest BCUT2D eigenvalue weighted by molar-refractivity contribution is 0.557. The molecule has 0 saturated carbocycles. The third kappa shape index (κ3) is 4.12. The molecule has 4 rings (SSSR count). The van der Waals surface area contributed by atoms with Crippen LogP contribution in [0.15, 0.2) is 70.7 Å². The average molecular weight is 408 g/mol. The van der Waals surface area contributed by atoms with E-state index >= 15 is 0 Å². The summed E-state index contributed by atoms with van der Waals surface area (Å²) in [5.41, 5.74) is 4.11. The minimum Gasteiger partial charge on any atom is -0.355 e. The van der Waals surface area contributed by atoms with Crippen molar-refractivity contribution in [1.82, 2.24) is 14.5 Å². The van der Waals surface area contributed by atoms with Crippen molar-refractivity contribution in [2.24, 2.45) is 0 Å². The van der Waals surface area contributed by atoms with E-state index in [0.29, 0.717) is 28.5 Å². The summed E-state index contributed by atoms with van der Waals surface area (Å²) in [4.78, 5) is 21.2. The van der Waals surface area contributed by atoms with Crippen molar-refractivity contribution >= 4 is 22.8 Å². The Morgan fingerprint density at radius 1 is 1.10 bits per heavy atom. The molecule has 29 heavy (non-hydrogen) atoms. The fourth-order valence-corrected chi connectivity index (χ4v) is 4.24. The Bertz CT molecular complexity index is 1170. The van der Waals surface area contributed by atoms with E-state index in [4.69, 9.17) is 4.98 Å². The summed E-state index contributed by atoms with van der Waals surface area (Å²) in [5, 5.41) is 0.692. The second-order valence-electron chi connectivity index (χ2n) is 6.91. The van der Waals surface area contributed by atoms with Crippen LogP contribution in [0.4, 0.5) is 4.39 Å². The summed E-state index contributed by atoms with van der Waals surface area (Å²) < 4.78 is 14.9. The molecule has 4 aromatic rings. The molecule has 0 atom stereocenters. The molecule has 4 nitrogen and oxygen atoms in total. The van der Waals surface area contributed by atoms with Gasteiger partial charge in [0, 0.05) is 24.1 Å². The number of fused-ring (bicyclic) bond motifs is 1. The fourth-order valence-electron chi connectivity index (χ4n) is 3.26. The first-order chi connectivity index (χ1) is 14.2. The van der Waals surface area contributed by atoms with Crippen LogP contribution in [-0.2, 0) is 12.3 Å². The predicted molar refractivity (Wildman–Crippen MR) is 117 cm³/mol. The SMILES string of the molecule is CCCCn1c(SCc2ccc(F)cc2)nc2c(-c3ccccc3)c[nH]c2c1=O. The van der Waals surface area contributed by atoms with Gasteiger partial charge in [0.25, 0.3) is 5.56 Å². The van der Waals surface area contributed by atoms with E-state index in [0.717, 1.165) is 29.5 Å². The van der Waals surface area contributed by atoms with Gasteiger partial charge in [0.05, 0.1) is 0 Å². The van der Waals surface area contributed by atoms with E-state index in [9.17, 15) is 9.18 Å². The second kappa shape index (κ2) is 8.66. The van der Waals surface area contributed by atoms with Gasteiger partial charge >= 0.3 is 0 Å². The molecule has 0 spiro atoms. The molecule has 0 unspecified atom stereocenters. The lowest BCUT2D eigenvalue weighted by Gasteiger charge is -2.12. The predicted octanol–water partition coefficient (Wildman–Crippen LogP) is 5.62. The van der Waals surface area contributed by atoms with Crippen molar-refractivity contribution in [3.8, 4) is 11.1 Å². The molecule has 0 radical (unpaired) electrons. The van der Waals surface area contributed by atoms with E-state index in [-0.39, 0.29) is 11.4 Å². The van der Waals surface area contributed by atoms with Crippen LogP contribution >= 0.6 is 11.8 Å². The van der Waals surface area contributed by atoms with E-state index in [1.807, 2.05) is 36.5 Å². The summed E-state index contributed by atoms with van der Waals surface area (Å²) in [6.45, 7) is 2.73. The first-order valence-corrected chi connectivity index (χ1v) is 10.7. The van der Waals surface area contributed by atoms with Crippen LogP contribution in [0.25, 0.3) is 22.2 Å². The molecule has 148 valence electrons. The molecule has 0 aliphatic rings. The summed E-state index contributed by atoms with van der Waals surface area (Å²) >= 11 is 1.51. The minimum absolute atomic E-state index is 0.0489. The molecule has 2 aromatic heterocycles. The molecule has 2 heterocycles. The first-order valence-electron chi connectivity index (χ1n) is 9.72. The number of H-pyrrole nitrogens is 1. The van der Waals surface area contributed by atoms with Crippen LogP contribution in [0.1, 0.15) is 25.3 Å². The average Bonchev–Trinajstić information content (AvgIpc) is 3.18. The maximum absolute atomic E-state index is 13.2. The number of benzene rings is 2. The van der Waals surface area contributed by atoms with Crippen LogP contribution in [0, 0.1) is 5.82 Å². The Balaban J connectivity index is 1.77. The highest BCUT2D eigenvalue weighted by atomic mass is 32.2. The summed E-state index contributed by atoms with van der Waals surface area (Å²) in [7, 11) is 0. The molecular weight excluding hydrogens is 385 g/mol. The van der Waals surface area contributed by atoms with Crippen molar-refractivity contribution in [3.05, 3.63) is 82.5 Å². The lowest BCUT2D eigenvalue weighted by atomic mass is 10.1. The number of halogens is 1. The molecular formula is C23H22FN3OS. The number of hydrogen-bond donors (Lipinski definition) is 1. The Hall–Kier alpha value is -2.86. The summed E-state index contributed by atoms with van der Waals surface area (Å²) in [6, 6.07) is 16.4. The summed E-state index contributed by atoms with van der Waals surface area (Å²) in [5.74, 6) is 0.369. The Labute approximate surface area is 172 Å². The molecule has 2 aromatic carbocycles. The number of hydrogen-bond acceptors (Lipinski definition) is 3. The normalized spacial score (nSPS) is 11.2. The van der Waals surface area contributed by atoms with Gasteiger partial charge in [0.1, 0.15) is 16.9 Å². The molecule has 0 bridgehead atoms. The van der Waals surface area contributed by atoms with Gasteiger partial charge in [-0.15, -0.1) is 0 Å². The van der Waals surface area contributed by atoms with Gasteiger partial charge in [-0.1, -0.05) is 67.6 Å². The number of nitrogens with one attached hydrogen (secondary N) is 1. The maximum atomic E-state index is 13.2. The molecule has 1 N–H and O–H groups in total. The number of nitrogens with zero attached hydrogens (tertiary/aromatic N) is 2. The van der Waals surface area contributed by atoms with E-state index in [1.165, 1.54) is 23.9 Å². The first kappa shape index (κ1) is 19.5. The number of thioether (sulfide) groups is 1. The number of rotatable bonds is 7. The molecule has 0 aliphatic heterocycles. The largest absolute Gasteiger partial charge is 0.355 e. The smallest absolute Gasteiger partial charge is 0.278 e. The van der Waals surface area contributed by atoms with Crippen LogP contribution in [0.3, 0.4) is 0 Å². The van der Waals surface area contributed by atoms with Gasteiger partial charge in [-0.3, -0.25) is 9.36 Å². The van der Waals surface area contributed by atoms with Crippen molar-refractivity contribution in [3.63, 3.8) is 0 Å². The van der Waals surface area contributed by atoms with E-state index in [1.54, 1.807) is 16.7 Å². The van der Waals surface area contributed by atoms with Crippen LogP contribution in [-0.4, -0.2) is 14.5 Å². The zero-order chi connectivity index (χ0) is 20.2. The highest BCUT2D eigenvalue weighted by molar-refractivity contribution is 7.98. The van der Waals surface area contributed by atoms with Gasteiger partial charge in [0.15, 0.2) is 5.16 Å². The lowest BCUT2D eigenvalue weighted by Crippen LogP contribution is -2.23. The number of aromatic amines is 1. The highest BCUT2D eigenvalue weighted by Gasteiger charge is 2.16.